The number of hydrogen-bond donors (Lipinski definition) is 1. The normalized spacial score (nSPS) is 10.8. The van der Waals surface area contributed by atoms with Crippen LogP contribution >= 0.6 is 0 Å². The summed E-state index contributed by atoms with van der Waals surface area (Å²) in [5, 5.41) is 2.61. The molecule has 0 atom stereocenters. The van der Waals surface area contributed by atoms with Crippen molar-refractivity contribution < 1.29 is 23.8 Å². The highest BCUT2D eigenvalue weighted by Gasteiger charge is 2.15. The summed E-state index contributed by atoms with van der Waals surface area (Å²) in [5.41, 5.74) is 0.556. The van der Waals surface area contributed by atoms with Crippen molar-refractivity contribution in [3.63, 3.8) is 0 Å². The van der Waals surface area contributed by atoms with Gasteiger partial charge in [0.25, 0.3) is 0 Å². The molecule has 1 N–H and O–H groups in total. The summed E-state index contributed by atoms with van der Waals surface area (Å²) in [6, 6.07) is 7.63. The van der Waals surface area contributed by atoms with Crippen molar-refractivity contribution in [3.05, 3.63) is 29.8 Å². The molecule has 6 nitrogen and oxygen atoms in total. The van der Waals surface area contributed by atoms with E-state index in [4.69, 9.17) is 14.2 Å². The molecule has 1 rings (SSSR count). The van der Waals surface area contributed by atoms with Crippen LogP contribution in [0.4, 0.5) is 4.79 Å². The summed E-state index contributed by atoms with van der Waals surface area (Å²) in [7, 11) is 1.62. The Morgan fingerprint density at radius 1 is 1.12 bits per heavy atom. The van der Waals surface area contributed by atoms with Gasteiger partial charge in [-0.2, -0.15) is 0 Å². The lowest BCUT2D eigenvalue weighted by molar-refractivity contribution is -0.143. The molecule has 0 saturated heterocycles. The number of esters is 1. The first-order chi connectivity index (χ1) is 11.3. The van der Waals surface area contributed by atoms with Crippen molar-refractivity contribution in [1.29, 1.82) is 0 Å². The first kappa shape index (κ1) is 19.8. The standard InChI is InChI=1S/C18H27NO5/c1-18(2,3)24-17(21)19-12-5-6-16(20)23-13-11-14-7-9-15(22-4)10-8-14/h7-10H,5-6,11-13H2,1-4H3,(H,19,21). The van der Waals surface area contributed by atoms with Gasteiger partial charge < -0.3 is 19.5 Å². The molecule has 0 radical (unpaired) electrons. The quantitative estimate of drug-likeness (QED) is 0.583. The second-order valence-electron chi connectivity index (χ2n) is 6.35. The fourth-order valence-electron chi connectivity index (χ4n) is 1.88. The van der Waals surface area contributed by atoms with Crippen LogP contribution in [0.5, 0.6) is 5.75 Å². The molecule has 0 aliphatic carbocycles. The van der Waals surface area contributed by atoms with Gasteiger partial charge in [-0.05, 0) is 44.9 Å². The van der Waals surface area contributed by atoms with Gasteiger partial charge in [0.2, 0.25) is 0 Å². The minimum Gasteiger partial charge on any atom is -0.497 e. The van der Waals surface area contributed by atoms with Crippen LogP contribution in [0.2, 0.25) is 0 Å². The highest BCUT2D eigenvalue weighted by Crippen LogP contribution is 2.11. The first-order valence-electron chi connectivity index (χ1n) is 8.05. The van der Waals surface area contributed by atoms with Crippen molar-refractivity contribution in [2.24, 2.45) is 0 Å². The average Bonchev–Trinajstić information content (AvgIpc) is 2.50. The number of rotatable bonds is 8. The van der Waals surface area contributed by atoms with Crippen LogP contribution < -0.4 is 10.1 Å². The van der Waals surface area contributed by atoms with Crippen LogP contribution in [-0.2, 0) is 20.7 Å². The predicted molar refractivity (Wildman–Crippen MR) is 91.1 cm³/mol. The topological polar surface area (TPSA) is 73.9 Å². The summed E-state index contributed by atoms with van der Waals surface area (Å²) in [6.45, 7) is 6.11. The molecule has 0 aliphatic heterocycles. The summed E-state index contributed by atoms with van der Waals surface area (Å²) in [4.78, 5) is 23.0. The molecule has 0 fully saturated rings. The van der Waals surface area contributed by atoms with E-state index in [1.54, 1.807) is 27.9 Å². The number of alkyl carbamates (subject to hydrolysis) is 1. The number of methoxy groups -OCH3 is 1. The third-order valence-electron chi connectivity index (χ3n) is 3.04. The van der Waals surface area contributed by atoms with E-state index in [0.717, 1.165) is 11.3 Å². The van der Waals surface area contributed by atoms with E-state index in [-0.39, 0.29) is 12.4 Å². The molecule has 0 bridgehead atoms. The summed E-state index contributed by atoms with van der Waals surface area (Å²) in [5.74, 6) is 0.530. The summed E-state index contributed by atoms with van der Waals surface area (Å²) in [6.07, 6.45) is 0.959. The van der Waals surface area contributed by atoms with Crippen LogP contribution in [0.3, 0.4) is 0 Å². The molecule has 1 aromatic carbocycles. The Balaban J connectivity index is 2.10. The minimum atomic E-state index is -0.523. The van der Waals surface area contributed by atoms with E-state index in [1.165, 1.54) is 0 Å². The number of benzene rings is 1. The van der Waals surface area contributed by atoms with Crippen molar-refractivity contribution in [1.82, 2.24) is 5.32 Å². The summed E-state index contributed by atoms with van der Waals surface area (Å²) >= 11 is 0. The fourth-order valence-corrected chi connectivity index (χ4v) is 1.88. The highest BCUT2D eigenvalue weighted by atomic mass is 16.6. The molecule has 24 heavy (non-hydrogen) atoms. The first-order valence-corrected chi connectivity index (χ1v) is 8.05. The highest BCUT2D eigenvalue weighted by molar-refractivity contribution is 5.70. The zero-order valence-corrected chi connectivity index (χ0v) is 14.9. The third kappa shape index (κ3) is 9.02. The molecule has 0 heterocycles. The van der Waals surface area contributed by atoms with Crippen LogP contribution in [0.15, 0.2) is 24.3 Å². The van der Waals surface area contributed by atoms with Gasteiger partial charge in [-0.3, -0.25) is 4.79 Å². The Kier molecular flexibility index (Phi) is 8.09. The summed E-state index contributed by atoms with van der Waals surface area (Å²) < 4.78 is 15.4. The Morgan fingerprint density at radius 3 is 2.38 bits per heavy atom. The van der Waals surface area contributed by atoms with Gasteiger partial charge in [0.15, 0.2) is 0 Å². The molecule has 0 aromatic heterocycles. The number of carbonyl (C=O) groups is 2. The fraction of sp³-hybridized carbons (Fsp3) is 0.556. The van der Waals surface area contributed by atoms with Crippen molar-refractivity contribution in [3.8, 4) is 5.75 Å². The zero-order valence-electron chi connectivity index (χ0n) is 14.9. The SMILES string of the molecule is COc1ccc(CCOC(=O)CCCNC(=O)OC(C)(C)C)cc1. The largest absolute Gasteiger partial charge is 0.497 e. The van der Waals surface area contributed by atoms with Gasteiger partial charge in [-0.15, -0.1) is 0 Å². The molecule has 0 spiro atoms. The molecular formula is C18H27NO5. The average molecular weight is 337 g/mol. The number of carbonyl (C=O) groups excluding carboxylic acids is 2. The van der Waals surface area contributed by atoms with Crippen LogP contribution in [0.1, 0.15) is 39.2 Å². The maximum Gasteiger partial charge on any atom is 0.407 e. The second kappa shape index (κ2) is 9.80. The number of amides is 1. The van der Waals surface area contributed by atoms with E-state index < -0.39 is 11.7 Å². The Bertz CT molecular complexity index is 519. The van der Waals surface area contributed by atoms with E-state index in [0.29, 0.717) is 26.0 Å². The number of hydrogen-bond acceptors (Lipinski definition) is 5. The molecule has 0 unspecified atom stereocenters. The van der Waals surface area contributed by atoms with Gasteiger partial charge in [0.1, 0.15) is 11.4 Å². The minimum absolute atomic E-state index is 0.262. The zero-order chi connectivity index (χ0) is 18.0. The van der Waals surface area contributed by atoms with E-state index in [1.807, 2.05) is 24.3 Å². The number of ether oxygens (including phenoxy) is 3. The number of nitrogens with one attached hydrogen (secondary N) is 1. The lowest BCUT2D eigenvalue weighted by atomic mass is 10.1. The van der Waals surface area contributed by atoms with Gasteiger partial charge in [0.05, 0.1) is 13.7 Å². The molecule has 1 amide bonds. The molecule has 0 saturated carbocycles. The third-order valence-corrected chi connectivity index (χ3v) is 3.04. The van der Waals surface area contributed by atoms with E-state index in [2.05, 4.69) is 5.32 Å². The van der Waals surface area contributed by atoms with E-state index in [9.17, 15) is 9.59 Å². The molecular weight excluding hydrogens is 310 g/mol. The Hall–Kier alpha value is -2.24. The van der Waals surface area contributed by atoms with Crippen molar-refractivity contribution >= 4 is 12.1 Å². The molecule has 6 heteroatoms. The van der Waals surface area contributed by atoms with Crippen LogP contribution in [0.25, 0.3) is 0 Å². The van der Waals surface area contributed by atoms with Crippen LogP contribution in [-0.4, -0.2) is 37.9 Å². The maximum absolute atomic E-state index is 11.6. The van der Waals surface area contributed by atoms with Gasteiger partial charge in [0, 0.05) is 19.4 Å². The smallest absolute Gasteiger partial charge is 0.407 e. The molecule has 134 valence electrons. The Morgan fingerprint density at radius 2 is 1.79 bits per heavy atom. The maximum atomic E-state index is 11.6. The predicted octanol–water partition coefficient (Wildman–Crippen LogP) is 3.09. The lowest BCUT2D eigenvalue weighted by Crippen LogP contribution is -2.33. The Labute approximate surface area is 143 Å². The van der Waals surface area contributed by atoms with Gasteiger partial charge in [-0.1, -0.05) is 12.1 Å². The molecule has 0 aliphatic rings. The monoisotopic (exact) mass is 337 g/mol. The molecule has 1 aromatic rings. The van der Waals surface area contributed by atoms with Gasteiger partial charge >= 0.3 is 12.1 Å². The lowest BCUT2D eigenvalue weighted by Gasteiger charge is -2.19. The van der Waals surface area contributed by atoms with E-state index >= 15 is 0 Å². The van der Waals surface area contributed by atoms with Crippen molar-refractivity contribution in [2.45, 2.75) is 45.6 Å². The van der Waals surface area contributed by atoms with Gasteiger partial charge in [-0.25, -0.2) is 4.79 Å². The van der Waals surface area contributed by atoms with Crippen molar-refractivity contribution in [2.75, 3.05) is 20.3 Å². The second-order valence-corrected chi connectivity index (χ2v) is 6.35. The van der Waals surface area contributed by atoms with Crippen LogP contribution in [0, 0.1) is 0 Å².